The van der Waals surface area contributed by atoms with Crippen LogP contribution in [0.25, 0.3) is 0 Å². The number of carbonyl (C=O) groups excluding carboxylic acids is 2. The number of amides is 2. The minimum atomic E-state index is -3.46. The van der Waals surface area contributed by atoms with E-state index in [0.717, 1.165) is 13.1 Å². The molecular weight excluding hydrogens is 362 g/mol. The van der Waals surface area contributed by atoms with E-state index in [4.69, 9.17) is 4.74 Å². The SMILES string of the molecule is CCOC(=O)NCCC(=O)N1CCN(S(=O)(=O)N2CCN(C)CC2)CC1. The molecule has 2 amide bonds. The summed E-state index contributed by atoms with van der Waals surface area (Å²) in [6.45, 7) is 5.97. The molecule has 0 spiro atoms. The Kier molecular flexibility index (Phi) is 7.62. The summed E-state index contributed by atoms with van der Waals surface area (Å²) in [7, 11) is -1.49. The van der Waals surface area contributed by atoms with Crippen LogP contribution in [0.4, 0.5) is 4.79 Å². The average molecular weight is 391 g/mol. The molecule has 0 saturated carbocycles. The molecule has 2 saturated heterocycles. The Morgan fingerprint density at radius 3 is 2.04 bits per heavy atom. The number of carbonyl (C=O) groups is 2. The van der Waals surface area contributed by atoms with Gasteiger partial charge in [-0.15, -0.1) is 0 Å². The second-order valence-electron chi connectivity index (χ2n) is 6.39. The van der Waals surface area contributed by atoms with Gasteiger partial charge in [0, 0.05) is 65.3 Å². The molecule has 2 heterocycles. The van der Waals surface area contributed by atoms with Gasteiger partial charge in [0.1, 0.15) is 0 Å². The third-order valence-corrected chi connectivity index (χ3v) is 6.63. The molecule has 0 aliphatic carbocycles. The van der Waals surface area contributed by atoms with E-state index in [-0.39, 0.29) is 25.5 Å². The molecule has 26 heavy (non-hydrogen) atoms. The molecule has 150 valence electrons. The van der Waals surface area contributed by atoms with Crippen LogP contribution in [0.2, 0.25) is 0 Å². The number of nitrogens with zero attached hydrogens (tertiary/aromatic N) is 4. The number of hydrogen-bond donors (Lipinski definition) is 1. The van der Waals surface area contributed by atoms with Crippen LogP contribution in [-0.4, -0.2) is 111 Å². The van der Waals surface area contributed by atoms with Crippen LogP contribution in [0.1, 0.15) is 13.3 Å². The zero-order valence-electron chi connectivity index (χ0n) is 15.5. The second kappa shape index (κ2) is 9.49. The minimum absolute atomic E-state index is 0.0987. The third kappa shape index (κ3) is 5.53. The van der Waals surface area contributed by atoms with Gasteiger partial charge < -0.3 is 19.9 Å². The number of alkyl carbamates (subject to hydrolysis) is 1. The van der Waals surface area contributed by atoms with E-state index in [0.29, 0.717) is 39.3 Å². The van der Waals surface area contributed by atoms with Crippen molar-refractivity contribution in [1.82, 2.24) is 23.7 Å². The lowest BCUT2D eigenvalue weighted by molar-refractivity contribution is -0.132. The molecule has 11 heteroatoms. The summed E-state index contributed by atoms with van der Waals surface area (Å²) in [5.74, 6) is -0.0987. The molecule has 0 unspecified atom stereocenters. The second-order valence-corrected chi connectivity index (χ2v) is 8.32. The summed E-state index contributed by atoms with van der Waals surface area (Å²) in [5.41, 5.74) is 0. The predicted molar refractivity (Wildman–Crippen MR) is 95.8 cm³/mol. The zero-order valence-corrected chi connectivity index (χ0v) is 16.3. The fraction of sp³-hybridized carbons (Fsp3) is 0.867. The number of hydrogen-bond acceptors (Lipinski definition) is 6. The van der Waals surface area contributed by atoms with Crippen LogP contribution in [-0.2, 0) is 19.7 Å². The molecule has 0 radical (unpaired) electrons. The number of rotatable bonds is 6. The first-order valence-corrected chi connectivity index (χ1v) is 10.4. The quantitative estimate of drug-likeness (QED) is 0.608. The van der Waals surface area contributed by atoms with Gasteiger partial charge in [0.25, 0.3) is 10.2 Å². The first-order valence-electron chi connectivity index (χ1n) is 8.96. The first kappa shape index (κ1) is 20.9. The molecule has 2 aliphatic heterocycles. The Balaban J connectivity index is 1.75. The summed E-state index contributed by atoms with van der Waals surface area (Å²) in [5, 5.41) is 2.51. The van der Waals surface area contributed by atoms with Crippen molar-refractivity contribution in [3.63, 3.8) is 0 Å². The highest BCUT2D eigenvalue weighted by Crippen LogP contribution is 2.14. The highest BCUT2D eigenvalue weighted by molar-refractivity contribution is 7.86. The highest BCUT2D eigenvalue weighted by atomic mass is 32.2. The van der Waals surface area contributed by atoms with Gasteiger partial charge >= 0.3 is 6.09 Å². The van der Waals surface area contributed by atoms with Gasteiger partial charge in [0.15, 0.2) is 0 Å². The summed E-state index contributed by atoms with van der Waals surface area (Å²) in [6, 6.07) is 0. The molecule has 0 bridgehead atoms. The van der Waals surface area contributed by atoms with Crippen molar-refractivity contribution >= 4 is 22.2 Å². The van der Waals surface area contributed by atoms with Gasteiger partial charge in [0.05, 0.1) is 6.61 Å². The molecule has 0 aromatic heterocycles. The number of likely N-dealkylation sites (N-methyl/N-ethyl adjacent to an activating group) is 1. The van der Waals surface area contributed by atoms with Crippen LogP contribution < -0.4 is 5.32 Å². The molecule has 0 atom stereocenters. The molecule has 1 N–H and O–H groups in total. The van der Waals surface area contributed by atoms with Crippen LogP contribution in [0.15, 0.2) is 0 Å². The fourth-order valence-corrected chi connectivity index (χ4v) is 4.54. The molecule has 0 aromatic rings. The summed E-state index contributed by atoms with van der Waals surface area (Å²) in [6.07, 6.45) is -0.368. The van der Waals surface area contributed by atoms with E-state index in [2.05, 4.69) is 10.2 Å². The van der Waals surface area contributed by atoms with Crippen molar-refractivity contribution in [2.75, 3.05) is 72.6 Å². The highest BCUT2D eigenvalue weighted by Gasteiger charge is 2.34. The number of ether oxygens (including phenoxy) is 1. The minimum Gasteiger partial charge on any atom is -0.450 e. The Labute approximate surface area is 155 Å². The van der Waals surface area contributed by atoms with Crippen molar-refractivity contribution < 1.29 is 22.7 Å². The lowest BCUT2D eigenvalue weighted by Gasteiger charge is -2.39. The Bertz CT molecular complexity index is 583. The molecule has 10 nitrogen and oxygen atoms in total. The van der Waals surface area contributed by atoms with Gasteiger partial charge in [-0.1, -0.05) is 0 Å². The van der Waals surface area contributed by atoms with Crippen molar-refractivity contribution in [1.29, 1.82) is 0 Å². The first-order chi connectivity index (χ1) is 12.3. The van der Waals surface area contributed by atoms with Crippen molar-refractivity contribution in [3.05, 3.63) is 0 Å². The Morgan fingerprint density at radius 1 is 0.962 bits per heavy atom. The lowest BCUT2D eigenvalue weighted by atomic mass is 10.3. The fourth-order valence-electron chi connectivity index (χ4n) is 2.96. The molecule has 2 fully saturated rings. The summed E-state index contributed by atoms with van der Waals surface area (Å²) >= 11 is 0. The van der Waals surface area contributed by atoms with E-state index >= 15 is 0 Å². The summed E-state index contributed by atoms with van der Waals surface area (Å²) < 4.78 is 33.1. The molecule has 2 rings (SSSR count). The topological polar surface area (TPSA) is 102 Å². The zero-order chi connectivity index (χ0) is 19.2. The van der Waals surface area contributed by atoms with Gasteiger partial charge in [-0.25, -0.2) is 4.79 Å². The number of piperazine rings is 2. The standard InChI is InChI=1S/C15H29N5O5S/c1-3-25-15(22)16-5-4-14(21)18-8-12-20(13-9-18)26(23,24)19-10-6-17(2)7-11-19/h3-13H2,1-2H3,(H,16,22). The van der Waals surface area contributed by atoms with Gasteiger partial charge in [-0.05, 0) is 14.0 Å². The monoisotopic (exact) mass is 391 g/mol. The largest absolute Gasteiger partial charge is 0.450 e. The predicted octanol–water partition coefficient (Wildman–Crippen LogP) is -1.24. The van der Waals surface area contributed by atoms with Crippen molar-refractivity contribution in [3.8, 4) is 0 Å². The van der Waals surface area contributed by atoms with E-state index in [1.165, 1.54) is 8.61 Å². The van der Waals surface area contributed by atoms with E-state index in [1.807, 2.05) is 7.05 Å². The Morgan fingerprint density at radius 2 is 1.50 bits per heavy atom. The van der Waals surface area contributed by atoms with Crippen molar-refractivity contribution in [2.24, 2.45) is 0 Å². The van der Waals surface area contributed by atoms with Crippen LogP contribution >= 0.6 is 0 Å². The van der Waals surface area contributed by atoms with E-state index in [9.17, 15) is 18.0 Å². The maximum atomic E-state index is 12.7. The van der Waals surface area contributed by atoms with E-state index in [1.54, 1.807) is 11.8 Å². The maximum Gasteiger partial charge on any atom is 0.407 e. The van der Waals surface area contributed by atoms with E-state index < -0.39 is 16.3 Å². The molecule has 2 aliphatic rings. The summed E-state index contributed by atoms with van der Waals surface area (Å²) in [4.78, 5) is 27.1. The maximum absolute atomic E-state index is 12.7. The third-order valence-electron chi connectivity index (χ3n) is 4.59. The average Bonchev–Trinajstić information content (AvgIpc) is 2.62. The molecule has 0 aromatic carbocycles. The van der Waals surface area contributed by atoms with Crippen LogP contribution in [0.5, 0.6) is 0 Å². The van der Waals surface area contributed by atoms with Gasteiger partial charge in [0.2, 0.25) is 5.91 Å². The smallest absolute Gasteiger partial charge is 0.407 e. The lowest BCUT2D eigenvalue weighted by Crippen LogP contribution is -2.57. The van der Waals surface area contributed by atoms with Crippen LogP contribution in [0.3, 0.4) is 0 Å². The van der Waals surface area contributed by atoms with Crippen LogP contribution in [0, 0.1) is 0 Å². The normalized spacial score (nSPS) is 20.8. The van der Waals surface area contributed by atoms with Crippen molar-refractivity contribution in [2.45, 2.75) is 13.3 Å². The molecular formula is C15H29N5O5S. The van der Waals surface area contributed by atoms with Gasteiger partial charge in [-0.2, -0.15) is 17.0 Å². The Hall–Kier alpha value is -1.43. The van der Waals surface area contributed by atoms with Gasteiger partial charge in [-0.3, -0.25) is 4.79 Å². The number of nitrogens with one attached hydrogen (secondary N) is 1.